The number of sulfone groups is 1. The van der Waals surface area contributed by atoms with Gasteiger partial charge in [0.2, 0.25) is 0 Å². The molecular weight excluding hydrogens is 279 g/mol. The second-order valence-corrected chi connectivity index (χ2v) is 6.77. The Kier molecular flexibility index (Phi) is 3.92. The molecule has 0 saturated heterocycles. The van der Waals surface area contributed by atoms with E-state index in [-0.39, 0.29) is 10.7 Å². The molecule has 2 aromatic rings. The fourth-order valence-corrected chi connectivity index (χ4v) is 2.50. The van der Waals surface area contributed by atoms with E-state index in [0.717, 1.165) is 6.26 Å². The minimum Gasteiger partial charge on any atom is -0.384 e. The quantitative estimate of drug-likeness (QED) is 0.946. The highest BCUT2D eigenvalue weighted by Crippen LogP contribution is 2.24. The molecule has 0 aliphatic carbocycles. The molecule has 0 aliphatic rings. The Hall–Kier alpha value is -1.72. The van der Waals surface area contributed by atoms with Crippen molar-refractivity contribution in [2.24, 2.45) is 0 Å². The van der Waals surface area contributed by atoms with Gasteiger partial charge in [0.05, 0.1) is 4.90 Å². The molecule has 0 saturated carbocycles. The summed E-state index contributed by atoms with van der Waals surface area (Å²) < 4.78 is 36.2. The summed E-state index contributed by atoms with van der Waals surface area (Å²) in [4.78, 5) is 0.184. The Morgan fingerprint density at radius 1 is 1.05 bits per heavy atom. The number of hydrogen-bond acceptors (Lipinski definition) is 3. The third-order valence-electron chi connectivity index (χ3n) is 3.14. The summed E-state index contributed by atoms with van der Waals surface area (Å²) >= 11 is 0. The van der Waals surface area contributed by atoms with Crippen LogP contribution >= 0.6 is 0 Å². The largest absolute Gasteiger partial charge is 0.384 e. The zero-order valence-electron chi connectivity index (χ0n) is 11.2. The van der Waals surface area contributed by atoms with Crippen LogP contribution in [0.1, 0.15) is 22.8 Å². The molecule has 0 radical (unpaired) electrons. The maximum absolute atomic E-state index is 13.5. The van der Waals surface area contributed by atoms with Crippen LogP contribution in [0.5, 0.6) is 0 Å². The molecule has 0 bridgehead atoms. The van der Waals surface area contributed by atoms with E-state index in [4.69, 9.17) is 0 Å². The highest BCUT2D eigenvalue weighted by molar-refractivity contribution is 7.90. The molecule has 1 unspecified atom stereocenters. The van der Waals surface area contributed by atoms with E-state index in [9.17, 15) is 17.9 Å². The summed E-state index contributed by atoms with van der Waals surface area (Å²) in [6, 6.07) is 10.4. The maximum atomic E-state index is 13.5. The molecule has 0 aliphatic heterocycles. The fraction of sp³-hybridized carbons (Fsp3) is 0.200. The van der Waals surface area contributed by atoms with Gasteiger partial charge in [0, 0.05) is 6.26 Å². The van der Waals surface area contributed by atoms with Crippen LogP contribution in [-0.4, -0.2) is 19.8 Å². The van der Waals surface area contributed by atoms with E-state index in [2.05, 4.69) is 0 Å². The predicted octanol–water partition coefficient (Wildman–Crippen LogP) is 2.62. The van der Waals surface area contributed by atoms with Crippen molar-refractivity contribution in [3.8, 4) is 0 Å². The van der Waals surface area contributed by atoms with Gasteiger partial charge >= 0.3 is 0 Å². The topological polar surface area (TPSA) is 54.4 Å². The van der Waals surface area contributed by atoms with Crippen molar-refractivity contribution in [3.63, 3.8) is 0 Å². The number of hydrogen-bond donors (Lipinski definition) is 1. The lowest BCUT2D eigenvalue weighted by Gasteiger charge is -2.12. The van der Waals surface area contributed by atoms with Crippen molar-refractivity contribution in [1.82, 2.24) is 0 Å². The molecule has 5 heteroatoms. The molecule has 0 fully saturated rings. The highest BCUT2D eigenvalue weighted by atomic mass is 32.2. The number of rotatable bonds is 3. The Labute approximate surface area is 117 Å². The van der Waals surface area contributed by atoms with Crippen molar-refractivity contribution in [2.75, 3.05) is 6.26 Å². The smallest absolute Gasteiger partial charge is 0.175 e. The fourth-order valence-electron chi connectivity index (χ4n) is 1.87. The highest BCUT2D eigenvalue weighted by Gasteiger charge is 2.13. The molecule has 0 heterocycles. The van der Waals surface area contributed by atoms with Crippen LogP contribution in [0.4, 0.5) is 4.39 Å². The van der Waals surface area contributed by atoms with E-state index >= 15 is 0 Å². The Morgan fingerprint density at radius 2 is 1.60 bits per heavy atom. The van der Waals surface area contributed by atoms with Gasteiger partial charge in [-0.05, 0) is 41.8 Å². The monoisotopic (exact) mass is 294 g/mol. The second-order valence-electron chi connectivity index (χ2n) is 4.75. The first-order valence-corrected chi connectivity index (χ1v) is 7.92. The average molecular weight is 294 g/mol. The molecule has 0 spiro atoms. The Balaban J connectivity index is 2.33. The molecule has 2 aromatic carbocycles. The van der Waals surface area contributed by atoms with Crippen molar-refractivity contribution >= 4 is 9.84 Å². The van der Waals surface area contributed by atoms with Gasteiger partial charge in [-0.3, -0.25) is 0 Å². The number of aliphatic hydroxyl groups excluding tert-OH is 1. The number of benzene rings is 2. The van der Waals surface area contributed by atoms with Crippen LogP contribution in [-0.2, 0) is 9.84 Å². The summed E-state index contributed by atoms with van der Waals surface area (Å²) in [6.07, 6.45) is 0.132. The van der Waals surface area contributed by atoms with E-state index in [1.165, 1.54) is 30.3 Å². The van der Waals surface area contributed by atoms with Gasteiger partial charge < -0.3 is 5.11 Å². The van der Waals surface area contributed by atoms with E-state index in [0.29, 0.717) is 16.7 Å². The van der Waals surface area contributed by atoms with Crippen LogP contribution in [0.25, 0.3) is 0 Å². The Bertz CT molecular complexity index is 721. The van der Waals surface area contributed by atoms with E-state index in [1.807, 2.05) is 0 Å². The molecule has 106 valence electrons. The average Bonchev–Trinajstić information content (AvgIpc) is 2.40. The zero-order chi connectivity index (χ0) is 14.9. The first-order valence-electron chi connectivity index (χ1n) is 6.03. The summed E-state index contributed by atoms with van der Waals surface area (Å²) in [5.41, 5.74) is 1.45. The van der Waals surface area contributed by atoms with Crippen LogP contribution in [0.15, 0.2) is 47.4 Å². The SMILES string of the molecule is Cc1ccc(C(O)c2ccc(S(C)(=O)=O)cc2)cc1F. The van der Waals surface area contributed by atoms with Crippen molar-refractivity contribution in [2.45, 2.75) is 17.9 Å². The van der Waals surface area contributed by atoms with Crippen molar-refractivity contribution in [3.05, 3.63) is 65.0 Å². The third kappa shape index (κ3) is 3.05. The minimum absolute atomic E-state index is 0.184. The summed E-state index contributed by atoms with van der Waals surface area (Å²) in [7, 11) is -3.26. The number of halogens is 1. The van der Waals surface area contributed by atoms with Gasteiger partial charge in [-0.15, -0.1) is 0 Å². The molecule has 0 amide bonds. The van der Waals surface area contributed by atoms with Crippen LogP contribution in [0, 0.1) is 12.7 Å². The lowest BCUT2D eigenvalue weighted by atomic mass is 10.0. The molecule has 2 rings (SSSR count). The van der Waals surface area contributed by atoms with Gasteiger partial charge in [-0.2, -0.15) is 0 Å². The minimum atomic E-state index is -3.26. The Morgan fingerprint density at radius 3 is 2.10 bits per heavy atom. The summed E-state index contributed by atoms with van der Waals surface area (Å²) in [5.74, 6) is -0.380. The number of aliphatic hydroxyl groups is 1. The molecule has 0 aromatic heterocycles. The third-order valence-corrected chi connectivity index (χ3v) is 4.26. The lowest BCUT2D eigenvalue weighted by molar-refractivity contribution is 0.219. The molecule has 20 heavy (non-hydrogen) atoms. The molecule has 1 N–H and O–H groups in total. The lowest BCUT2D eigenvalue weighted by Crippen LogP contribution is -2.02. The molecular formula is C15H15FO3S. The van der Waals surface area contributed by atoms with Gasteiger partial charge in [0.15, 0.2) is 9.84 Å². The van der Waals surface area contributed by atoms with Crippen LogP contribution in [0.3, 0.4) is 0 Å². The number of aryl methyl sites for hydroxylation is 1. The maximum Gasteiger partial charge on any atom is 0.175 e. The second kappa shape index (κ2) is 5.34. The van der Waals surface area contributed by atoms with Gasteiger partial charge in [-0.25, -0.2) is 12.8 Å². The molecule has 3 nitrogen and oxygen atoms in total. The van der Waals surface area contributed by atoms with Gasteiger partial charge in [-0.1, -0.05) is 24.3 Å². The van der Waals surface area contributed by atoms with Gasteiger partial charge in [0.25, 0.3) is 0 Å². The first kappa shape index (κ1) is 14.7. The zero-order valence-corrected chi connectivity index (χ0v) is 12.0. The normalized spacial score (nSPS) is 13.2. The van der Waals surface area contributed by atoms with E-state index < -0.39 is 15.9 Å². The van der Waals surface area contributed by atoms with Crippen molar-refractivity contribution in [1.29, 1.82) is 0 Å². The summed E-state index contributed by atoms with van der Waals surface area (Å²) in [6.45, 7) is 1.65. The van der Waals surface area contributed by atoms with Crippen LogP contribution in [0.2, 0.25) is 0 Å². The van der Waals surface area contributed by atoms with E-state index in [1.54, 1.807) is 19.1 Å². The van der Waals surface area contributed by atoms with Crippen molar-refractivity contribution < 1.29 is 17.9 Å². The van der Waals surface area contributed by atoms with Gasteiger partial charge in [0.1, 0.15) is 11.9 Å². The van der Waals surface area contributed by atoms with Crippen LogP contribution < -0.4 is 0 Å². The first-order chi connectivity index (χ1) is 9.29. The standard InChI is InChI=1S/C15H15FO3S/c1-10-3-4-12(9-14(10)16)15(17)11-5-7-13(8-6-11)20(2,18)19/h3-9,15,17H,1-2H3. The summed E-state index contributed by atoms with van der Waals surface area (Å²) in [5, 5.41) is 10.2. The predicted molar refractivity (Wildman–Crippen MR) is 74.8 cm³/mol. The molecule has 1 atom stereocenters.